The summed E-state index contributed by atoms with van der Waals surface area (Å²) < 4.78 is 11.4. The van der Waals surface area contributed by atoms with Gasteiger partial charge in [-0.3, -0.25) is 5.43 Å². The van der Waals surface area contributed by atoms with Gasteiger partial charge in [-0.05, 0) is 31.2 Å². The number of rotatable bonds is 7. The fourth-order valence-corrected chi connectivity index (χ4v) is 2.93. The lowest BCUT2D eigenvalue weighted by molar-refractivity contribution is 0.284. The lowest BCUT2D eigenvalue weighted by atomic mass is 10.2. The van der Waals surface area contributed by atoms with Gasteiger partial charge in [-0.2, -0.15) is 15.2 Å². The fourth-order valence-electron chi connectivity index (χ4n) is 2.43. The number of nitrogens with zero attached hydrogens (tertiary/aromatic N) is 3. The van der Waals surface area contributed by atoms with Gasteiger partial charge >= 0.3 is 5.69 Å². The van der Waals surface area contributed by atoms with E-state index in [2.05, 4.69) is 25.7 Å². The van der Waals surface area contributed by atoms with Crippen LogP contribution in [-0.4, -0.2) is 28.5 Å². The van der Waals surface area contributed by atoms with Gasteiger partial charge in [0.15, 0.2) is 17.3 Å². The van der Waals surface area contributed by atoms with E-state index in [9.17, 15) is 4.79 Å². The molecule has 8 nitrogen and oxygen atoms in total. The number of aromatic nitrogens is 3. The molecule has 0 saturated carbocycles. The Morgan fingerprint density at radius 3 is 2.66 bits per heavy atom. The van der Waals surface area contributed by atoms with Crippen LogP contribution in [0.2, 0.25) is 10.0 Å². The highest BCUT2D eigenvalue weighted by atomic mass is 35.5. The SMILES string of the molecule is COc1cccc(/C=N\Nc2nc(=O)[nH]nc2C)c1OCc1c(Cl)cccc1Cl. The van der Waals surface area contributed by atoms with E-state index in [1.165, 1.54) is 6.21 Å². The largest absolute Gasteiger partial charge is 0.493 e. The van der Waals surface area contributed by atoms with E-state index in [1.54, 1.807) is 50.4 Å². The molecule has 0 amide bonds. The first-order valence-corrected chi connectivity index (χ1v) is 9.20. The molecule has 2 aromatic carbocycles. The number of nitrogens with one attached hydrogen (secondary N) is 2. The molecular formula is C19H17Cl2N5O3. The minimum atomic E-state index is -0.574. The number of anilines is 1. The smallest absolute Gasteiger partial charge is 0.363 e. The van der Waals surface area contributed by atoms with E-state index in [0.29, 0.717) is 38.4 Å². The molecule has 0 bridgehead atoms. The maximum atomic E-state index is 11.3. The number of H-pyrrole nitrogens is 1. The molecule has 0 aliphatic carbocycles. The Balaban J connectivity index is 1.84. The third-order valence-corrected chi connectivity index (χ3v) is 4.61. The van der Waals surface area contributed by atoms with Crippen molar-refractivity contribution in [1.82, 2.24) is 15.2 Å². The van der Waals surface area contributed by atoms with E-state index in [0.717, 1.165) is 0 Å². The predicted molar refractivity (Wildman–Crippen MR) is 112 cm³/mol. The number of para-hydroxylation sites is 1. The molecular weight excluding hydrogens is 417 g/mol. The quantitative estimate of drug-likeness (QED) is 0.433. The Kier molecular flexibility index (Phi) is 6.69. The molecule has 3 rings (SSSR count). The molecule has 0 radical (unpaired) electrons. The molecule has 10 heteroatoms. The van der Waals surface area contributed by atoms with Crippen LogP contribution >= 0.6 is 23.2 Å². The highest BCUT2D eigenvalue weighted by Crippen LogP contribution is 2.33. The van der Waals surface area contributed by atoms with Crippen LogP contribution in [0.5, 0.6) is 11.5 Å². The van der Waals surface area contributed by atoms with Crippen molar-refractivity contribution in [2.45, 2.75) is 13.5 Å². The summed E-state index contributed by atoms with van der Waals surface area (Å²) in [4.78, 5) is 15.1. The van der Waals surface area contributed by atoms with Crippen LogP contribution in [-0.2, 0) is 6.61 Å². The monoisotopic (exact) mass is 433 g/mol. The van der Waals surface area contributed by atoms with Crippen molar-refractivity contribution in [3.63, 3.8) is 0 Å². The lowest BCUT2D eigenvalue weighted by Crippen LogP contribution is -2.15. The molecule has 0 atom stereocenters. The van der Waals surface area contributed by atoms with Gasteiger partial charge in [0.1, 0.15) is 12.3 Å². The third-order valence-electron chi connectivity index (χ3n) is 3.90. The van der Waals surface area contributed by atoms with Crippen molar-refractivity contribution in [3.8, 4) is 11.5 Å². The summed E-state index contributed by atoms with van der Waals surface area (Å²) in [6.07, 6.45) is 1.52. The molecule has 0 fully saturated rings. The van der Waals surface area contributed by atoms with Gasteiger partial charge in [0.05, 0.1) is 13.3 Å². The number of hydrogen-bond acceptors (Lipinski definition) is 7. The molecule has 0 saturated heterocycles. The zero-order chi connectivity index (χ0) is 20.8. The van der Waals surface area contributed by atoms with Gasteiger partial charge in [-0.1, -0.05) is 35.3 Å². The van der Waals surface area contributed by atoms with E-state index in [-0.39, 0.29) is 12.4 Å². The van der Waals surface area contributed by atoms with E-state index < -0.39 is 5.69 Å². The number of ether oxygens (including phenoxy) is 2. The molecule has 0 unspecified atom stereocenters. The average Bonchev–Trinajstić information content (AvgIpc) is 2.70. The van der Waals surface area contributed by atoms with Crippen molar-refractivity contribution >= 4 is 35.2 Å². The second-order valence-corrected chi connectivity index (χ2v) is 6.63. The van der Waals surface area contributed by atoms with Gasteiger partial charge in [-0.25, -0.2) is 9.89 Å². The summed E-state index contributed by atoms with van der Waals surface area (Å²) in [6.45, 7) is 1.83. The van der Waals surface area contributed by atoms with Crippen molar-refractivity contribution in [3.05, 3.63) is 73.7 Å². The van der Waals surface area contributed by atoms with Gasteiger partial charge in [-0.15, -0.1) is 0 Å². The summed E-state index contributed by atoms with van der Waals surface area (Å²) in [5.41, 5.74) is 3.92. The summed E-state index contributed by atoms with van der Waals surface area (Å²) in [6, 6.07) is 10.6. The zero-order valence-electron chi connectivity index (χ0n) is 15.6. The van der Waals surface area contributed by atoms with Crippen LogP contribution in [0.4, 0.5) is 5.82 Å². The molecule has 3 aromatic rings. The second-order valence-electron chi connectivity index (χ2n) is 5.81. The molecule has 1 heterocycles. The zero-order valence-corrected chi connectivity index (χ0v) is 17.1. The Morgan fingerprint density at radius 2 is 1.93 bits per heavy atom. The van der Waals surface area contributed by atoms with Gasteiger partial charge in [0.25, 0.3) is 0 Å². The van der Waals surface area contributed by atoms with Crippen molar-refractivity contribution in [2.75, 3.05) is 12.5 Å². The van der Waals surface area contributed by atoms with Gasteiger partial charge in [0, 0.05) is 21.2 Å². The van der Waals surface area contributed by atoms with Crippen molar-refractivity contribution < 1.29 is 9.47 Å². The number of aryl methyl sites for hydroxylation is 1. The number of aromatic amines is 1. The van der Waals surface area contributed by atoms with E-state index in [1.807, 2.05) is 0 Å². The third kappa shape index (κ3) is 5.04. The van der Waals surface area contributed by atoms with Crippen LogP contribution in [0.1, 0.15) is 16.8 Å². The highest BCUT2D eigenvalue weighted by molar-refractivity contribution is 6.35. The first-order chi connectivity index (χ1) is 14.0. The minimum absolute atomic E-state index is 0.145. The molecule has 0 aliphatic heterocycles. The Bertz CT molecular complexity index is 1080. The molecule has 29 heavy (non-hydrogen) atoms. The van der Waals surface area contributed by atoms with Crippen molar-refractivity contribution in [2.24, 2.45) is 5.10 Å². The highest BCUT2D eigenvalue weighted by Gasteiger charge is 2.12. The van der Waals surface area contributed by atoms with E-state index in [4.69, 9.17) is 32.7 Å². The van der Waals surface area contributed by atoms with Crippen molar-refractivity contribution in [1.29, 1.82) is 0 Å². The second kappa shape index (κ2) is 9.40. The Morgan fingerprint density at radius 1 is 1.21 bits per heavy atom. The van der Waals surface area contributed by atoms with Gasteiger partial charge in [0.2, 0.25) is 0 Å². The topological polar surface area (TPSA) is 101 Å². The molecule has 0 aliphatic rings. The molecule has 0 spiro atoms. The average molecular weight is 434 g/mol. The number of benzene rings is 2. The van der Waals surface area contributed by atoms with E-state index >= 15 is 0 Å². The number of hydrazone groups is 1. The molecule has 1 aromatic heterocycles. The Labute approximate surface area is 176 Å². The first kappa shape index (κ1) is 20.6. The first-order valence-electron chi connectivity index (χ1n) is 8.44. The van der Waals surface area contributed by atoms with Crippen LogP contribution in [0.25, 0.3) is 0 Å². The number of methoxy groups -OCH3 is 1. The summed E-state index contributed by atoms with van der Waals surface area (Å²) >= 11 is 12.4. The standard InChI is InChI=1S/C19H17Cl2N5O3/c1-11-18(23-19(27)26-24-11)25-22-9-12-5-3-8-16(28-2)17(12)29-10-13-14(20)6-4-7-15(13)21/h3-9H,10H2,1-2H3,(H2,23,25,26,27)/b22-9-. The summed E-state index contributed by atoms with van der Waals surface area (Å²) in [5, 5.41) is 11.2. The maximum Gasteiger partial charge on any atom is 0.363 e. The normalized spacial score (nSPS) is 10.9. The maximum absolute atomic E-state index is 11.3. The predicted octanol–water partition coefficient (Wildman–Crippen LogP) is 3.81. The lowest BCUT2D eigenvalue weighted by Gasteiger charge is -2.14. The van der Waals surface area contributed by atoms with Crippen LogP contribution in [0.3, 0.4) is 0 Å². The fraction of sp³-hybridized carbons (Fsp3) is 0.158. The molecule has 2 N–H and O–H groups in total. The van der Waals surface area contributed by atoms with Gasteiger partial charge < -0.3 is 9.47 Å². The summed E-state index contributed by atoms with van der Waals surface area (Å²) in [5.74, 6) is 1.23. The van der Waals surface area contributed by atoms with Crippen LogP contribution in [0.15, 0.2) is 46.3 Å². The van der Waals surface area contributed by atoms with Crippen LogP contribution in [0, 0.1) is 6.92 Å². The Hall–Kier alpha value is -3.10. The number of halogens is 2. The van der Waals surface area contributed by atoms with Crippen LogP contribution < -0.4 is 20.6 Å². The minimum Gasteiger partial charge on any atom is -0.493 e. The summed E-state index contributed by atoms with van der Waals surface area (Å²) in [7, 11) is 1.54. The molecule has 150 valence electrons. The number of hydrogen-bond donors (Lipinski definition) is 2.